The average molecular weight is 379 g/mol. The number of halogens is 1. The number of piperazine rings is 1. The van der Waals surface area contributed by atoms with Gasteiger partial charge in [-0.25, -0.2) is 4.39 Å². The predicted octanol–water partition coefficient (Wildman–Crippen LogP) is 3.16. The van der Waals surface area contributed by atoms with E-state index in [0.29, 0.717) is 37.4 Å². The topological polar surface area (TPSA) is 45.6 Å². The molecule has 4 rings (SSSR count). The zero-order valence-corrected chi connectivity index (χ0v) is 16.0. The minimum absolute atomic E-state index is 0.273. The number of anilines is 1. The molecule has 2 heterocycles. The van der Waals surface area contributed by atoms with Gasteiger partial charge in [0.2, 0.25) is 0 Å². The Morgan fingerprint density at radius 3 is 2.29 bits per heavy atom. The van der Waals surface area contributed by atoms with Crippen LogP contribution in [0.3, 0.4) is 0 Å². The largest absolute Gasteiger partial charge is 0.366 e. The van der Waals surface area contributed by atoms with Crippen LogP contribution in [0.25, 0.3) is 10.9 Å². The number of carbonyl (C=O) groups excluding carboxylic acids is 2. The summed E-state index contributed by atoms with van der Waals surface area (Å²) in [5.74, 6) is -1.24. The normalized spacial score (nSPS) is 14.5. The Labute approximate surface area is 163 Å². The first-order valence-electron chi connectivity index (χ1n) is 9.36. The first-order chi connectivity index (χ1) is 13.5. The Balaban J connectivity index is 1.53. The van der Waals surface area contributed by atoms with Crippen molar-refractivity contribution in [1.29, 1.82) is 0 Å². The number of hydrogen-bond acceptors (Lipinski definition) is 3. The summed E-state index contributed by atoms with van der Waals surface area (Å²) in [5, 5.41) is 0.797. The van der Waals surface area contributed by atoms with Crippen LogP contribution in [0.15, 0.2) is 48.5 Å². The van der Waals surface area contributed by atoms with E-state index in [-0.39, 0.29) is 5.82 Å². The van der Waals surface area contributed by atoms with Crippen molar-refractivity contribution in [2.75, 3.05) is 31.1 Å². The van der Waals surface area contributed by atoms with Gasteiger partial charge in [0.15, 0.2) is 0 Å². The van der Waals surface area contributed by atoms with Crippen LogP contribution in [0.2, 0.25) is 0 Å². The molecule has 5 nitrogen and oxygen atoms in total. The first kappa shape index (κ1) is 18.2. The smallest absolute Gasteiger partial charge is 0.295 e. The van der Waals surface area contributed by atoms with Crippen LogP contribution in [-0.2, 0) is 11.8 Å². The van der Waals surface area contributed by atoms with Crippen LogP contribution in [0.4, 0.5) is 10.1 Å². The molecule has 1 amide bonds. The van der Waals surface area contributed by atoms with Crippen molar-refractivity contribution in [3.63, 3.8) is 0 Å². The minimum atomic E-state index is -0.493. The number of hydrogen-bond donors (Lipinski definition) is 0. The second-order valence-electron chi connectivity index (χ2n) is 7.10. The van der Waals surface area contributed by atoms with E-state index in [1.807, 2.05) is 47.7 Å². The third-order valence-electron chi connectivity index (χ3n) is 5.58. The van der Waals surface area contributed by atoms with Crippen molar-refractivity contribution < 1.29 is 14.0 Å². The maximum Gasteiger partial charge on any atom is 0.295 e. The van der Waals surface area contributed by atoms with Gasteiger partial charge in [-0.05, 0) is 25.1 Å². The van der Waals surface area contributed by atoms with E-state index in [4.69, 9.17) is 0 Å². The molecule has 0 atom stereocenters. The summed E-state index contributed by atoms with van der Waals surface area (Å²) in [6, 6.07) is 14.2. The average Bonchev–Trinajstić information content (AvgIpc) is 2.98. The van der Waals surface area contributed by atoms with Gasteiger partial charge < -0.3 is 14.4 Å². The Hall–Kier alpha value is -3.15. The Morgan fingerprint density at radius 1 is 0.929 bits per heavy atom. The molecule has 0 N–H and O–H groups in total. The van der Waals surface area contributed by atoms with Crippen molar-refractivity contribution in [3.05, 3.63) is 65.6 Å². The molecule has 2 aromatic carbocycles. The Kier molecular flexibility index (Phi) is 4.63. The summed E-state index contributed by atoms with van der Waals surface area (Å²) < 4.78 is 15.9. The summed E-state index contributed by atoms with van der Waals surface area (Å²) in [6.45, 7) is 3.63. The number of rotatable bonds is 3. The van der Waals surface area contributed by atoms with Crippen LogP contribution < -0.4 is 4.90 Å². The molecule has 1 saturated heterocycles. The fraction of sp³-hybridized carbons (Fsp3) is 0.273. The van der Waals surface area contributed by atoms with Gasteiger partial charge in [-0.1, -0.05) is 30.3 Å². The minimum Gasteiger partial charge on any atom is -0.366 e. The van der Waals surface area contributed by atoms with Crippen LogP contribution >= 0.6 is 0 Å². The number of amides is 1. The van der Waals surface area contributed by atoms with E-state index in [1.165, 1.54) is 6.07 Å². The lowest BCUT2D eigenvalue weighted by Gasteiger charge is -2.35. The van der Waals surface area contributed by atoms with E-state index in [1.54, 1.807) is 23.1 Å². The fourth-order valence-corrected chi connectivity index (χ4v) is 3.92. The summed E-state index contributed by atoms with van der Waals surface area (Å²) in [5.41, 5.74) is 2.72. The van der Waals surface area contributed by atoms with E-state index in [2.05, 4.69) is 0 Å². The number of fused-ring (bicyclic) bond motifs is 1. The van der Waals surface area contributed by atoms with Crippen molar-refractivity contribution >= 4 is 28.3 Å². The SMILES string of the molecule is Cc1c(C(=O)C(=O)N2CCN(c3ccccc3F)CC2)c2ccccc2n1C. The van der Waals surface area contributed by atoms with Crippen LogP contribution in [-0.4, -0.2) is 47.3 Å². The van der Waals surface area contributed by atoms with Gasteiger partial charge in [0.1, 0.15) is 5.82 Å². The highest BCUT2D eigenvalue weighted by molar-refractivity contribution is 6.45. The quantitative estimate of drug-likeness (QED) is 0.519. The molecule has 0 aliphatic carbocycles. The van der Waals surface area contributed by atoms with Gasteiger partial charge in [-0.15, -0.1) is 0 Å². The second-order valence-corrected chi connectivity index (χ2v) is 7.10. The van der Waals surface area contributed by atoms with Gasteiger partial charge in [0, 0.05) is 49.8 Å². The molecule has 0 unspecified atom stereocenters. The molecule has 28 heavy (non-hydrogen) atoms. The first-order valence-corrected chi connectivity index (χ1v) is 9.36. The molecule has 1 aliphatic heterocycles. The molecule has 6 heteroatoms. The molecule has 1 aromatic heterocycles. The van der Waals surface area contributed by atoms with Crippen LogP contribution in [0.1, 0.15) is 16.1 Å². The number of aromatic nitrogens is 1. The standard InChI is InChI=1S/C22H22FN3O2/c1-15-20(16-7-3-5-9-18(16)24(15)2)21(27)22(28)26-13-11-25(12-14-26)19-10-6-4-8-17(19)23/h3-10H,11-14H2,1-2H3. The zero-order valence-electron chi connectivity index (χ0n) is 16.0. The number of aryl methyl sites for hydroxylation is 1. The third kappa shape index (κ3) is 2.95. The van der Waals surface area contributed by atoms with Crippen LogP contribution in [0.5, 0.6) is 0 Å². The molecular formula is C22H22FN3O2. The van der Waals surface area contributed by atoms with Gasteiger partial charge in [0.25, 0.3) is 11.7 Å². The number of ketones is 1. The number of benzene rings is 2. The third-order valence-corrected chi connectivity index (χ3v) is 5.58. The van der Waals surface area contributed by atoms with Crippen molar-refractivity contribution in [2.24, 2.45) is 7.05 Å². The van der Waals surface area contributed by atoms with Gasteiger partial charge in [-0.2, -0.15) is 0 Å². The molecule has 0 bridgehead atoms. The van der Waals surface area contributed by atoms with Gasteiger partial charge in [0.05, 0.1) is 11.3 Å². The summed E-state index contributed by atoms with van der Waals surface area (Å²) in [6.07, 6.45) is 0. The Bertz CT molecular complexity index is 1060. The maximum atomic E-state index is 14.0. The van der Waals surface area contributed by atoms with Crippen molar-refractivity contribution in [3.8, 4) is 0 Å². The summed E-state index contributed by atoms with van der Waals surface area (Å²) >= 11 is 0. The number of Topliss-reactive ketones (excluding diaryl/α,β-unsaturated/α-hetero) is 1. The molecule has 1 fully saturated rings. The van der Waals surface area contributed by atoms with E-state index in [9.17, 15) is 14.0 Å². The molecular weight excluding hydrogens is 357 g/mol. The number of carbonyl (C=O) groups is 2. The number of nitrogens with zero attached hydrogens (tertiary/aromatic N) is 3. The lowest BCUT2D eigenvalue weighted by Crippen LogP contribution is -2.50. The molecule has 0 radical (unpaired) electrons. The lowest BCUT2D eigenvalue weighted by atomic mass is 10.1. The highest BCUT2D eigenvalue weighted by atomic mass is 19.1. The maximum absolute atomic E-state index is 14.0. The van der Waals surface area contributed by atoms with Crippen molar-refractivity contribution in [1.82, 2.24) is 9.47 Å². The van der Waals surface area contributed by atoms with E-state index < -0.39 is 11.7 Å². The predicted molar refractivity (Wildman–Crippen MR) is 107 cm³/mol. The fourth-order valence-electron chi connectivity index (χ4n) is 3.92. The zero-order chi connectivity index (χ0) is 19.8. The van der Waals surface area contributed by atoms with Crippen molar-refractivity contribution in [2.45, 2.75) is 6.92 Å². The molecule has 0 saturated carbocycles. The highest BCUT2D eigenvalue weighted by Crippen LogP contribution is 2.26. The van der Waals surface area contributed by atoms with Gasteiger partial charge in [-0.3, -0.25) is 9.59 Å². The van der Waals surface area contributed by atoms with Crippen LogP contribution in [0, 0.1) is 12.7 Å². The molecule has 0 spiro atoms. The molecule has 3 aromatic rings. The Morgan fingerprint density at radius 2 is 1.57 bits per heavy atom. The lowest BCUT2D eigenvalue weighted by molar-refractivity contribution is -0.126. The molecule has 144 valence electrons. The van der Waals surface area contributed by atoms with E-state index in [0.717, 1.165) is 16.6 Å². The van der Waals surface area contributed by atoms with E-state index >= 15 is 0 Å². The molecule has 1 aliphatic rings. The highest BCUT2D eigenvalue weighted by Gasteiger charge is 2.30. The van der Waals surface area contributed by atoms with Gasteiger partial charge >= 0.3 is 0 Å². The number of para-hydroxylation sites is 2. The summed E-state index contributed by atoms with van der Waals surface area (Å²) in [7, 11) is 1.89. The monoisotopic (exact) mass is 379 g/mol. The summed E-state index contributed by atoms with van der Waals surface area (Å²) in [4.78, 5) is 29.4. The second kappa shape index (κ2) is 7.11.